The molecule has 2 aromatic rings. The van der Waals surface area contributed by atoms with Crippen LogP contribution in [0.2, 0.25) is 5.02 Å². The Kier molecular flexibility index (Phi) is 5.24. The van der Waals surface area contributed by atoms with Crippen molar-refractivity contribution in [3.63, 3.8) is 0 Å². The van der Waals surface area contributed by atoms with Crippen LogP contribution >= 0.6 is 11.6 Å². The molecule has 130 valence electrons. The lowest BCUT2D eigenvalue weighted by Gasteiger charge is -2.15. The third-order valence-electron chi connectivity index (χ3n) is 3.36. The second-order valence-electron chi connectivity index (χ2n) is 5.30. The normalized spacial score (nSPS) is 12.4. The fraction of sp³-hybridized carbons (Fsp3) is 0.200. The van der Waals surface area contributed by atoms with Gasteiger partial charge in [0.1, 0.15) is 4.90 Å². The summed E-state index contributed by atoms with van der Waals surface area (Å²) in [4.78, 5) is -0.0816. The number of nitrogens with zero attached hydrogens (tertiary/aromatic N) is 1. The van der Waals surface area contributed by atoms with Gasteiger partial charge >= 0.3 is 0 Å². The van der Waals surface area contributed by atoms with Gasteiger partial charge in [-0.05, 0) is 36.8 Å². The monoisotopic (exact) mass is 388 g/mol. The van der Waals surface area contributed by atoms with Gasteiger partial charge in [0.05, 0.1) is 15.6 Å². The van der Waals surface area contributed by atoms with Crippen LogP contribution in [0.15, 0.2) is 52.3 Å². The molecule has 0 fully saturated rings. The second-order valence-corrected chi connectivity index (χ2v) is 9.51. The van der Waals surface area contributed by atoms with Crippen molar-refractivity contribution in [1.29, 1.82) is 0 Å². The van der Waals surface area contributed by atoms with Gasteiger partial charge in [-0.25, -0.2) is 21.1 Å². The van der Waals surface area contributed by atoms with Crippen LogP contribution in [-0.2, 0) is 20.0 Å². The summed E-state index contributed by atoms with van der Waals surface area (Å²) >= 11 is 5.94. The van der Waals surface area contributed by atoms with Crippen LogP contribution in [-0.4, -0.2) is 35.2 Å². The van der Waals surface area contributed by atoms with Crippen LogP contribution in [0.5, 0.6) is 0 Å². The van der Waals surface area contributed by atoms with Crippen LogP contribution in [0.1, 0.15) is 5.56 Å². The Hall–Kier alpha value is -1.61. The first kappa shape index (κ1) is 18.7. The highest BCUT2D eigenvalue weighted by Crippen LogP contribution is 2.27. The summed E-state index contributed by atoms with van der Waals surface area (Å²) in [5, 5.41) is 0.0831. The minimum absolute atomic E-state index is 0.00467. The van der Waals surface area contributed by atoms with Crippen molar-refractivity contribution in [2.75, 3.05) is 18.8 Å². The highest BCUT2D eigenvalue weighted by atomic mass is 35.5. The molecular weight excluding hydrogens is 372 g/mol. The number of halogens is 1. The first-order chi connectivity index (χ1) is 11.1. The molecule has 24 heavy (non-hydrogen) atoms. The Morgan fingerprint density at radius 3 is 2.21 bits per heavy atom. The summed E-state index contributed by atoms with van der Waals surface area (Å²) < 4.78 is 52.9. The first-order valence-corrected chi connectivity index (χ1v) is 10.2. The molecule has 0 aliphatic heterocycles. The predicted octanol–water partition coefficient (Wildman–Crippen LogP) is 2.70. The van der Waals surface area contributed by atoms with E-state index in [4.69, 9.17) is 11.6 Å². The molecule has 0 saturated heterocycles. The van der Waals surface area contributed by atoms with Gasteiger partial charge in [-0.1, -0.05) is 29.8 Å². The van der Waals surface area contributed by atoms with Crippen molar-refractivity contribution in [2.24, 2.45) is 0 Å². The number of rotatable bonds is 5. The minimum atomic E-state index is -3.94. The molecule has 0 bridgehead atoms. The maximum atomic E-state index is 12.5. The number of hydrogen-bond donors (Lipinski definition) is 1. The van der Waals surface area contributed by atoms with Gasteiger partial charge in [-0.3, -0.25) is 4.72 Å². The third-order valence-corrected chi connectivity index (χ3v) is 7.03. The molecule has 9 heteroatoms. The quantitative estimate of drug-likeness (QED) is 0.853. The van der Waals surface area contributed by atoms with Gasteiger partial charge in [0.15, 0.2) is 0 Å². The Bertz CT molecular complexity index is 971. The standard InChI is InChI=1S/C15H17ClN2O4S2/c1-11-8-9-12(24(21,22)18(2)3)10-14(11)17-23(19,20)15-7-5-4-6-13(15)16/h4-10,17H,1-3H3. The van der Waals surface area contributed by atoms with Crippen molar-refractivity contribution in [3.8, 4) is 0 Å². The fourth-order valence-corrected chi connectivity index (χ4v) is 4.52. The SMILES string of the molecule is Cc1ccc(S(=O)(=O)N(C)C)cc1NS(=O)(=O)c1ccccc1Cl. The molecule has 0 aliphatic rings. The Morgan fingerprint density at radius 1 is 1.00 bits per heavy atom. The van der Waals surface area contributed by atoms with Crippen LogP contribution in [0, 0.1) is 6.92 Å². The Balaban J connectivity index is 2.49. The molecular formula is C15H17ClN2O4S2. The average molecular weight is 389 g/mol. The van der Waals surface area contributed by atoms with Crippen LogP contribution in [0.25, 0.3) is 0 Å². The predicted molar refractivity (Wildman–Crippen MR) is 94.3 cm³/mol. The second kappa shape index (κ2) is 6.72. The van der Waals surface area contributed by atoms with Gasteiger partial charge in [0.25, 0.3) is 10.0 Å². The van der Waals surface area contributed by atoms with E-state index < -0.39 is 20.0 Å². The van der Waals surface area contributed by atoms with Crippen molar-refractivity contribution >= 4 is 37.3 Å². The van der Waals surface area contributed by atoms with Crippen molar-refractivity contribution in [2.45, 2.75) is 16.7 Å². The molecule has 2 rings (SSSR count). The summed E-state index contributed by atoms with van der Waals surface area (Å²) in [6.45, 7) is 1.68. The molecule has 0 aromatic heterocycles. The highest BCUT2D eigenvalue weighted by molar-refractivity contribution is 7.93. The largest absolute Gasteiger partial charge is 0.279 e. The van der Waals surface area contributed by atoms with Gasteiger partial charge in [-0.2, -0.15) is 0 Å². The maximum absolute atomic E-state index is 12.5. The van der Waals surface area contributed by atoms with Gasteiger partial charge in [-0.15, -0.1) is 0 Å². The summed E-state index contributed by atoms with van der Waals surface area (Å²) in [5.74, 6) is 0. The lowest BCUT2D eigenvalue weighted by Crippen LogP contribution is -2.22. The Labute approximate surface area is 147 Å². The lowest BCUT2D eigenvalue weighted by atomic mass is 10.2. The van der Waals surface area contributed by atoms with Crippen molar-refractivity contribution < 1.29 is 16.8 Å². The number of nitrogens with one attached hydrogen (secondary N) is 1. The smallest absolute Gasteiger partial charge is 0.263 e. The van der Waals surface area contributed by atoms with E-state index in [0.29, 0.717) is 5.56 Å². The molecule has 2 aromatic carbocycles. The number of anilines is 1. The van der Waals surface area contributed by atoms with E-state index >= 15 is 0 Å². The molecule has 0 heterocycles. The topological polar surface area (TPSA) is 83.6 Å². The van der Waals surface area contributed by atoms with E-state index in [9.17, 15) is 16.8 Å². The third kappa shape index (κ3) is 3.72. The van der Waals surface area contributed by atoms with Crippen molar-refractivity contribution in [3.05, 3.63) is 53.1 Å². The number of benzene rings is 2. The Morgan fingerprint density at radius 2 is 1.62 bits per heavy atom. The van der Waals surface area contributed by atoms with E-state index in [1.807, 2.05) is 0 Å². The van der Waals surface area contributed by atoms with Crippen molar-refractivity contribution in [1.82, 2.24) is 4.31 Å². The summed E-state index contributed by atoms with van der Waals surface area (Å²) in [6.07, 6.45) is 0. The molecule has 0 aliphatic carbocycles. The molecule has 6 nitrogen and oxygen atoms in total. The molecule has 0 saturated carbocycles. The molecule has 1 N–H and O–H groups in total. The fourth-order valence-electron chi connectivity index (χ4n) is 1.94. The lowest BCUT2D eigenvalue weighted by molar-refractivity contribution is 0.520. The zero-order chi connectivity index (χ0) is 18.1. The number of aryl methyl sites for hydroxylation is 1. The summed E-state index contributed by atoms with van der Waals surface area (Å²) in [6, 6.07) is 10.3. The van der Waals surface area contributed by atoms with E-state index in [0.717, 1.165) is 4.31 Å². The highest BCUT2D eigenvalue weighted by Gasteiger charge is 2.22. The number of hydrogen-bond acceptors (Lipinski definition) is 4. The number of sulfonamides is 2. The van der Waals surface area contributed by atoms with E-state index in [-0.39, 0.29) is 20.5 Å². The average Bonchev–Trinajstić information content (AvgIpc) is 2.49. The molecule has 0 unspecified atom stereocenters. The molecule has 0 spiro atoms. The minimum Gasteiger partial charge on any atom is -0.279 e. The zero-order valence-electron chi connectivity index (χ0n) is 13.3. The van der Waals surface area contributed by atoms with E-state index in [1.54, 1.807) is 25.1 Å². The maximum Gasteiger partial charge on any atom is 0.263 e. The van der Waals surface area contributed by atoms with Gasteiger partial charge < -0.3 is 0 Å². The van der Waals surface area contributed by atoms with Gasteiger partial charge in [0.2, 0.25) is 10.0 Å². The van der Waals surface area contributed by atoms with Crippen LogP contribution in [0.3, 0.4) is 0 Å². The zero-order valence-corrected chi connectivity index (χ0v) is 15.7. The van der Waals surface area contributed by atoms with E-state index in [2.05, 4.69) is 4.72 Å². The molecule has 0 amide bonds. The van der Waals surface area contributed by atoms with Crippen LogP contribution < -0.4 is 4.72 Å². The summed E-state index contributed by atoms with van der Waals surface area (Å²) in [7, 11) is -4.80. The van der Waals surface area contributed by atoms with Crippen LogP contribution in [0.4, 0.5) is 5.69 Å². The molecule has 0 radical (unpaired) electrons. The van der Waals surface area contributed by atoms with E-state index in [1.165, 1.54) is 38.4 Å². The first-order valence-electron chi connectivity index (χ1n) is 6.86. The van der Waals surface area contributed by atoms with Gasteiger partial charge in [0, 0.05) is 14.1 Å². The molecule has 0 atom stereocenters. The summed E-state index contributed by atoms with van der Waals surface area (Å²) in [5.41, 5.74) is 0.765.